The molecule has 0 saturated heterocycles. The highest BCUT2D eigenvalue weighted by Gasteiger charge is 2.40. The number of nitrogens with two attached hydrogens (primary N) is 2. The summed E-state index contributed by atoms with van der Waals surface area (Å²) in [6.45, 7) is 1.53. The van der Waals surface area contributed by atoms with Crippen LogP contribution in [-0.4, -0.2) is 22.6 Å². The Morgan fingerprint density at radius 3 is 2.00 bits per heavy atom. The van der Waals surface area contributed by atoms with E-state index in [1.165, 1.54) is 6.92 Å². The van der Waals surface area contributed by atoms with Crippen LogP contribution in [0.4, 0.5) is 0 Å². The Labute approximate surface area is 84.3 Å². The molecule has 1 atom stereocenters. The van der Waals surface area contributed by atoms with Gasteiger partial charge in [0.1, 0.15) is 0 Å². The summed E-state index contributed by atoms with van der Waals surface area (Å²) < 4.78 is 0. The van der Waals surface area contributed by atoms with E-state index in [9.17, 15) is 20.2 Å². The molecule has 0 radical (unpaired) electrons. The molecule has 4 N–H and O–H groups in total. The number of hydrogen-bond acceptors (Lipinski definition) is 8. The fourth-order valence-electron chi connectivity index (χ4n) is 0.881. The molecule has 10 heteroatoms. The van der Waals surface area contributed by atoms with Crippen molar-refractivity contribution in [1.29, 1.82) is 0 Å². The van der Waals surface area contributed by atoms with Crippen molar-refractivity contribution in [3.05, 3.63) is 20.2 Å². The van der Waals surface area contributed by atoms with Gasteiger partial charge in [-0.25, -0.2) is 0 Å². The number of nitrogens with zero attached hydrogens (tertiary/aromatic N) is 2. The van der Waals surface area contributed by atoms with Crippen molar-refractivity contribution in [2.75, 3.05) is 6.54 Å². The molecule has 0 aliphatic rings. The Morgan fingerprint density at radius 2 is 1.73 bits per heavy atom. The van der Waals surface area contributed by atoms with Gasteiger partial charge in [0.05, 0.1) is 0 Å². The third-order valence-electron chi connectivity index (χ3n) is 1.72. The lowest BCUT2D eigenvalue weighted by molar-refractivity contribution is -0.876. The van der Waals surface area contributed by atoms with Gasteiger partial charge in [-0.2, -0.15) is 0 Å². The summed E-state index contributed by atoms with van der Waals surface area (Å²) >= 11 is 0. The molecule has 0 unspecified atom stereocenters. The monoisotopic (exact) mass is 224 g/mol. The SMILES string of the molecule is C[C@H](CCN)C(N)(O[N+](=O)[O-])O[N+](=O)[O-]. The summed E-state index contributed by atoms with van der Waals surface area (Å²) in [6.07, 6.45) is 0.179. The second kappa shape index (κ2) is 5.26. The molecular weight excluding hydrogens is 212 g/mol. The lowest BCUT2D eigenvalue weighted by Gasteiger charge is -2.29. The van der Waals surface area contributed by atoms with Gasteiger partial charge in [0, 0.05) is 5.92 Å². The van der Waals surface area contributed by atoms with Crippen LogP contribution in [0.5, 0.6) is 0 Å². The average Bonchev–Trinajstić information content (AvgIpc) is 2.01. The zero-order chi connectivity index (χ0) is 12.1. The number of rotatable bonds is 7. The van der Waals surface area contributed by atoms with Crippen molar-refractivity contribution < 1.29 is 19.8 Å². The highest BCUT2D eigenvalue weighted by atomic mass is 17.1. The van der Waals surface area contributed by atoms with Crippen molar-refractivity contribution in [2.24, 2.45) is 17.4 Å². The molecule has 0 aliphatic heterocycles. The van der Waals surface area contributed by atoms with Crippen LogP contribution >= 0.6 is 0 Å². The normalized spacial score (nSPS) is 13.0. The summed E-state index contributed by atoms with van der Waals surface area (Å²) in [6, 6.07) is 0. The van der Waals surface area contributed by atoms with Gasteiger partial charge in [0.2, 0.25) is 0 Å². The van der Waals surface area contributed by atoms with Crippen molar-refractivity contribution in [2.45, 2.75) is 19.3 Å². The minimum Gasteiger partial charge on any atom is -0.330 e. The van der Waals surface area contributed by atoms with E-state index in [-0.39, 0.29) is 13.0 Å². The Hall–Kier alpha value is -1.68. The largest absolute Gasteiger partial charge is 0.330 e. The topological polar surface area (TPSA) is 157 Å². The van der Waals surface area contributed by atoms with E-state index in [1.54, 1.807) is 0 Å². The predicted octanol–water partition coefficient (Wildman–Crippen LogP) is -1.000. The van der Waals surface area contributed by atoms with Crippen molar-refractivity contribution in [3.8, 4) is 0 Å². The molecule has 0 aromatic rings. The van der Waals surface area contributed by atoms with Crippen LogP contribution in [0, 0.1) is 26.1 Å². The molecule has 0 aromatic heterocycles. The smallest absolute Gasteiger partial charge is 0.317 e. The number of hydrogen-bond donors (Lipinski definition) is 2. The third kappa shape index (κ3) is 4.37. The summed E-state index contributed by atoms with van der Waals surface area (Å²) in [5.74, 6) is -3.23. The highest BCUT2D eigenvalue weighted by molar-refractivity contribution is 4.67. The van der Waals surface area contributed by atoms with Crippen LogP contribution in [0.2, 0.25) is 0 Å². The van der Waals surface area contributed by atoms with Crippen LogP contribution in [0.15, 0.2) is 0 Å². The fraction of sp³-hybridized carbons (Fsp3) is 1.00. The van der Waals surface area contributed by atoms with Crippen LogP contribution in [-0.2, 0) is 9.68 Å². The molecule has 0 amide bonds. The quantitative estimate of drug-likeness (QED) is 0.316. The summed E-state index contributed by atoms with van der Waals surface area (Å²) in [4.78, 5) is 28.0. The van der Waals surface area contributed by atoms with Gasteiger partial charge in [-0.15, -0.1) is 20.2 Å². The molecule has 0 fully saturated rings. The maximum Gasteiger partial charge on any atom is 0.317 e. The first-order valence-electron chi connectivity index (χ1n) is 3.97. The zero-order valence-corrected chi connectivity index (χ0v) is 7.99. The molecule has 0 saturated carbocycles. The Balaban J connectivity index is 4.66. The molecule has 88 valence electrons. The second-order valence-corrected chi connectivity index (χ2v) is 2.83. The summed E-state index contributed by atoms with van der Waals surface area (Å²) in [5, 5.41) is 17.6. The minimum absolute atomic E-state index is 0.141. The maximum absolute atomic E-state index is 10.1. The maximum atomic E-state index is 10.1. The average molecular weight is 224 g/mol. The van der Waals surface area contributed by atoms with Crippen molar-refractivity contribution >= 4 is 0 Å². The zero-order valence-electron chi connectivity index (χ0n) is 7.99. The Bertz CT molecular complexity index is 230. The molecule has 0 rings (SSSR count). The van der Waals surface area contributed by atoms with Gasteiger partial charge < -0.3 is 5.73 Å². The molecule has 0 aromatic carbocycles. The lowest BCUT2D eigenvalue weighted by Crippen LogP contribution is -2.54. The fourth-order valence-corrected chi connectivity index (χ4v) is 0.881. The van der Waals surface area contributed by atoms with Gasteiger partial charge in [-0.05, 0) is 13.0 Å². The van der Waals surface area contributed by atoms with Crippen molar-refractivity contribution in [1.82, 2.24) is 0 Å². The molecule has 0 bridgehead atoms. The van der Waals surface area contributed by atoms with Gasteiger partial charge in [0.15, 0.2) is 0 Å². The van der Waals surface area contributed by atoms with E-state index in [0.717, 1.165) is 0 Å². The van der Waals surface area contributed by atoms with Crippen LogP contribution in [0.3, 0.4) is 0 Å². The van der Waals surface area contributed by atoms with Gasteiger partial charge in [-0.1, -0.05) is 6.92 Å². The van der Waals surface area contributed by atoms with E-state index in [4.69, 9.17) is 11.5 Å². The Kier molecular flexibility index (Phi) is 4.67. The standard InChI is InChI=1S/C5H12N4O6/c1-4(2-3-6)5(7,14-8(10)11)15-9(12)13/h4H,2-3,6-7H2,1H3/t4-/m1/s1. The molecule has 0 heterocycles. The van der Waals surface area contributed by atoms with Gasteiger partial charge >= 0.3 is 5.91 Å². The highest BCUT2D eigenvalue weighted by Crippen LogP contribution is 2.20. The van der Waals surface area contributed by atoms with Gasteiger partial charge in [0.25, 0.3) is 10.2 Å². The minimum atomic E-state index is -2.42. The summed E-state index contributed by atoms with van der Waals surface area (Å²) in [7, 11) is 0. The summed E-state index contributed by atoms with van der Waals surface area (Å²) in [5.41, 5.74) is 10.4. The first-order chi connectivity index (χ1) is 6.81. The van der Waals surface area contributed by atoms with Crippen LogP contribution in [0.1, 0.15) is 13.3 Å². The van der Waals surface area contributed by atoms with Crippen LogP contribution in [0.25, 0.3) is 0 Å². The van der Waals surface area contributed by atoms with E-state index in [1.807, 2.05) is 0 Å². The molecule has 10 nitrogen and oxygen atoms in total. The first-order valence-corrected chi connectivity index (χ1v) is 3.97. The Morgan fingerprint density at radius 1 is 1.33 bits per heavy atom. The van der Waals surface area contributed by atoms with E-state index in [2.05, 4.69) is 9.68 Å². The molecule has 0 spiro atoms. The van der Waals surface area contributed by atoms with E-state index in [0.29, 0.717) is 0 Å². The molecule has 0 aliphatic carbocycles. The van der Waals surface area contributed by atoms with Crippen LogP contribution < -0.4 is 11.5 Å². The van der Waals surface area contributed by atoms with Crippen molar-refractivity contribution in [3.63, 3.8) is 0 Å². The van der Waals surface area contributed by atoms with E-state index < -0.39 is 22.0 Å². The molecule has 15 heavy (non-hydrogen) atoms. The first kappa shape index (κ1) is 13.3. The second-order valence-electron chi connectivity index (χ2n) is 2.83. The van der Waals surface area contributed by atoms with Gasteiger partial charge in [-0.3, -0.25) is 15.4 Å². The molecular formula is C5H12N4O6. The lowest BCUT2D eigenvalue weighted by atomic mass is 10.0. The predicted molar refractivity (Wildman–Crippen MR) is 45.9 cm³/mol. The third-order valence-corrected chi connectivity index (χ3v) is 1.72. The van der Waals surface area contributed by atoms with E-state index >= 15 is 0 Å².